The van der Waals surface area contributed by atoms with Gasteiger partial charge in [-0.15, -0.1) is 5.11 Å². The van der Waals surface area contributed by atoms with Gasteiger partial charge in [0.05, 0.1) is 16.1 Å². The number of H-pyrrole nitrogens is 1. The fourth-order valence-electron chi connectivity index (χ4n) is 2.00. The maximum absolute atomic E-state index is 13.6. The standard InChI is InChI=1S/C14H9FN4O3/c15-11-3-1-2-10-12(11)16-14(20)13(10)18-17-8-4-6-9(7-5-8)19(21)22/h1-7,16,20H. The number of aromatic amines is 1. The predicted molar refractivity (Wildman–Crippen MR) is 77.2 cm³/mol. The van der Waals surface area contributed by atoms with Crippen LogP contribution < -0.4 is 0 Å². The van der Waals surface area contributed by atoms with Crippen molar-refractivity contribution in [2.75, 3.05) is 0 Å². The molecule has 110 valence electrons. The first-order valence-electron chi connectivity index (χ1n) is 6.21. The average molecular weight is 300 g/mol. The lowest BCUT2D eigenvalue weighted by molar-refractivity contribution is -0.384. The van der Waals surface area contributed by atoms with Crippen LogP contribution in [0.4, 0.5) is 21.5 Å². The highest BCUT2D eigenvalue weighted by Gasteiger charge is 2.13. The molecule has 1 heterocycles. The number of azo groups is 1. The van der Waals surface area contributed by atoms with Gasteiger partial charge in [-0.25, -0.2) is 4.39 Å². The van der Waals surface area contributed by atoms with Gasteiger partial charge in [0.15, 0.2) is 5.69 Å². The zero-order chi connectivity index (χ0) is 15.7. The van der Waals surface area contributed by atoms with Crippen LogP contribution in [0.2, 0.25) is 0 Å². The third-order valence-electron chi connectivity index (χ3n) is 3.06. The number of non-ortho nitro benzene ring substituents is 1. The van der Waals surface area contributed by atoms with E-state index >= 15 is 0 Å². The number of nitro benzene ring substituents is 1. The van der Waals surface area contributed by atoms with Crippen LogP contribution in [0.25, 0.3) is 10.9 Å². The molecule has 8 heteroatoms. The number of halogens is 1. The van der Waals surface area contributed by atoms with Crippen LogP contribution in [0.3, 0.4) is 0 Å². The van der Waals surface area contributed by atoms with Crippen molar-refractivity contribution in [1.82, 2.24) is 4.98 Å². The molecule has 0 spiro atoms. The Morgan fingerprint density at radius 2 is 1.86 bits per heavy atom. The summed E-state index contributed by atoms with van der Waals surface area (Å²) in [5.41, 5.74) is 0.553. The number of nitrogens with one attached hydrogen (secondary N) is 1. The lowest BCUT2D eigenvalue weighted by Gasteiger charge is -1.94. The van der Waals surface area contributed by atoms with E-state index in [2.05, 4.69) is 15.2 Å². The molecule has 0 aliphatic rings. The molecule has 0 aliphatic carbocycles. The van der Waals surface area contributed by atoms with Crippen LogP contribution in [0.15, 0.2) is 52.7 Å². The molecule has 0 atom stereocenters. The number of fused-ring (bicyclic) bond motifs is 1. The topological polar surface area (TPSA) is 104 Å². The van der Waals surface area contributed by atoms with E-state index in [0.717, 1.165) is 0 Å². The summed E-state index contributed by atoms with van der Waals surface area (Å²) in [5.74, 6) is -0.810. The third kappa shape index (κ3) is 2.37. The molecule has 0 saturated carbocycles. The zero-order valence-corrected chi connectivity index (χ0v) is 11.0. The number of nitrogens with zero attached hydrogens (tertiary/aromatic N) is 3. The van der Waals surface area contributed by atoms with Crippen LogP contribution in [0, 0.1) is 15.9 Å². The molecule has 0 saturated heterocycles. The van der Waals surface area contributed by atoms with Gasteiger partial charge in [0, 0.05) is 17.5 Å². The molecule has 0 bridgehead atoms. The Bertz CT molecular complexity index is 887. The van der Waals surface area contributed by atoms with Crippen molar-refractivity contribution >= 4 is 28.0 Å². The molecule has 7 nitrogen and oxygen atoms in total. The molecule has 22 heavy (non-hydrogen) atoms. The molecule has 0 aliphatic heterocycles. The van der Waals surface area contributed by atoms with E-state index in [1.807, 2.05) is 0 Å². The summed E-state index contributed by atoms with van der Waals surface area (Å²) in [6, 6.07) is 9.79. The third-order valence-corrected chi connectivity index (χ3v) is 3.06. The molecule has 0 amide bonds. The van der Waals surface area contributed by atoms with Gasteiger partial charge in [-0.1, -0.05) is 12.1 Å². The van der Waals surface area contributed by atoms with E-state index in [4.69, 9.17) is 0 Å². The SMILES string of the molecule is O=[N+]([O-])c1ccc(N=Nc2c(O)[nH]c3c(F)cccc23)cc1. The van der Waals surface area contributed by atoms with Crippen molar-refractivity contribution in [3.05, 3.63) is 58.4 Å². The van der Waals surface area contributed by atoms with E-state index in [1.54, 1.807) is 6.07 Å². The van der Waals surface area contributed by atoms with Gasteiger partial charge in [-0.2, -0.15) is 5.11 Å². The second kappa shape index (κ2) is 5.24. The lowest BCUT2D eigenvalue weighted by Crippen LogP contribution is -1.85. The minimum absolute atomic E-state index is 0.0593. The summed E-state index contributed by atoms with van der Waals surface area (Å²) in [6.07, 6.45) is 0. The number of aromatic hydroxyl groups is 1. The van der Waals surface area contributed by atoms with Crippen molar-refractivity contribution < 1.29 is 14.4 Å². The zero-order valence-electron chi connectivity index (χ0n) is 11.0. The highest BCUT2D eigenvalue weighted by molar-refractivity contribution is 5.94. The minimum Gasteiger partial charge on any atom is -0.493 e. The molecular weight excluding hydrogens is 291 g/mol. The fourth-order valence-corrected chi connectivity index (χ4v) is 2.00. The Hall–Kier alpha value is -3.29. The van der Waals surface area contributed by atoms with Crippen LogP contribution in [-0.4, -0.2) is 15.0 Å². The van der Waals surface area contributed by atoms with E-state index in [9.17, 15) is 19.6 Å². The second-order valence-corrected chi connectivity index (χ2v) is 4.46. The molecule has 0 unspecified atom stereocenters. The molecule has 2 N–H and O–H groups in total. The van der Waals surface area contributed by atoms with Crippen molar-refractivity contribution in [3.63, 3.8) is 0 Å². The molecule has 3 aromatic rings. The van der Waals surface area contributed by atoms with Crippen LogP contribution in [-0.2, 0) is 0 Å². The lowest BCUT2D eigenvalue weighted by atomic mass is 10.2. The van der Waals surface area contributed by atoms with Crippen molar-refractivity contribution in [2.45, 2.75) is 0 Å². The largest absolute Gasteiger partial charge is 0.493 e. The first-order chi connectivity index (χ1) is 10.6. The number of aromatic nitrogens is 1. The number of rotatable bonds is 3. The molecule has 0 radical (unpaired) electrons. The number of hydrogen-bond donors (Lipinski definition) is 2. The van der Waals surface area contributed by atoms with Gasteiger partial charge >= 0.3 is 0 Å². The molecular formula is C14H9FN4O3. The summed E-state index contributed by atoms with van der Waals surface area (Å²) in [6.45, 7) is 0. The van der Waals surface area contributed by atoms with Gasteiger partial charge < -0.3 is 10.1 Å². The Morgan fingerprint density at radius 1 is 1.14 bits per heavy atom. The van der Waals surface area contributed by atoms with E-state index < -0.39 is 10.7 Å². The predicted octanol–water partition coefficient (Wildman–Crippen LogP) is 4.34. The van der Waals surface area contributed by atoms with Gasteiger partial charge in [-0.05, 0) is 18.2 Å². The summed E-state index contributed by atoms with van der Waals surface area (Å²) in [5, 5.41) is 28.5. The molecule has 1 aromatic heterocycles. The first kappa shape index (κ1) is 13.7. The normalized spacial score (nSPS) is 11.3. The maximum atomic E-state index is 13.6. The van der Waals surface area contributed by atoms with Crippen molar-refractivity contribution in [3.8, 4) is 5.88 Å². The Labute approximate surface area is 122 Å². The highest BCUT2D eigenvalue weighted by Crippen LogP contribution is 2.37. The van der Waals surface area contributed by atoms with Crippen LogP contribution in [0.1, 0.15) is 0 Å². The summed E-state index contributed by atoms with van der Waals surface area (Å²) in [4.78, 5) is 12.5. The number of para-hydroxylation sites is 1. The quantitative estimate of drug-likeness (QED) is 0.427. The number of hydrogen-bond acceptors (Lipinski definition) is 5. The molecule has 2 aromatic carbocycles. The van der Waals surface area contributed by atoms with Crippen LogP contribution in [0.5, 0.6) is 5.88 Å². The van der Waals surface area contributed by atoms with E-state index in [0.29, 0.717) is 11.1 Å². The van der Waals surface area contributed by atoms with Gasteiger partial charge in [0.2, 0.25) is 5.88 Å². The summed E-state index contributed by atoms with van der Waals surface area (Å²) in [7, 11) is 0. The van der Waals surface area contributed by atoms with E-state index in [1.165, 1.54) is 36.4 Å². The van der Waals surface area contributed by atoms with E-state index in [-0.39, 0.29) is 22.8 Å². The Kier molecular flexibility index (Phi) is 3.26. The second-order valence-electron chi connectivity index (χ2n) is 4.46. The smallest absolute Gasteiger partial charge is 0.269 e. The van der Waals surface area contributed by atoms with Gasteiger partial charge in [0.25, 0.3) is 5.69 Å². The monoisotopic (exact) mass is 300 g/mol. The number of nitro groups is 1. The van der Waals surface area contributed by atoms with Gasteiger partial charge in [0.1, 0.15) is 5.82 Å². The summed E-state index contributed by atoms with van der Waals surface area (Å²) >= 11 is 0. The first-order valence-corrected chi connectivity index (χ1v) is 6.21. The maximum Gasteiger partial charge on any atom is 0.269 e. The average Bonchev–Trinajstić information content (AvgIpc) is 2.83. The Balaban J connectivity index is 1.97. The van der Waals surface area contributed by atoms with Crippen molar-refractivity contribution in [2.24, 2.45) is 10.2 Å². The number of benzene rings is 2. The molecule has 3 rings (SSSR count). The van der Waals surface area contributed by atoms with Gasteiger partial charge in [-0.3, -0.25) is 10.1 Å². The Morgan fingerprint density at radius 3 is 2.55 bits per heavy atom. The van der Waals surface area contributed by atoms with Crippen LogP contribution >= 0.6 is 0 Å². The minimum atomic E-state index is -0.519. The molecule has 0 fully saturated rings. The van der Waals surface area contributed by atoms with Crippen molar-refractivity contribution in [1.29, 1.82) is 0 Å². The highest BCUT2D eigenvalue weighted by atomic mass is 19.1. The fraction of sp³-hybridized carbons (Fsp3) is 0. The summed E-state index contributed by atoms with van der Waals surface area (Å²) < 4.78 is 13.6.